The number of benzene rings is 9. The Labute approximate surface area is 628 Å². The minimum absolute atomic E-state index is 0. The van der Waals surface area contributed by atoms with Crippen LogP contribution in [0.1, 0.15) is 137 Å². The lowest BCUT2D eigenvalue weighted by Crippen LogP contribution is -3.00. The van der Waals surface area contributed by atoms with Crippen LogP contribution in [0.2, 0.25) is 0 Å². The van der Waals surface area contributed by atoms with Crippen molar-refractivity contribution < 1.29 is 78.8 Å². The quantitative estimate of drug-likeness (QED) is 0.0812. The van der Waals surface area contributed by atoms with Crippen LogP contribution >= 0.6 is 0 Å². The first-order valence-corrected chi connectivity index (χ1v) is 33.6. The number of hydrogen-bond acceptors (Lipinski definition) is 3. The summed E-state index contributed by atoms with van der Waals surface area (Å²) < 4.78 is 2.96. The van der Waals surface area contributed by atoms with Gasteiger partial charge in [-0.15, -0.1) is 0 Å². The molecule has 99 heavy (non-hydrogen) atoms. The Hall–Kier alpha value is -7.29. The van der Waals surface area contributed by atoms with Crippen molar-refractivity contribution in [1.29, 1.82) is 0 Å². The maximum Gasteiger partial charge on any atom is 0.223 e. The zero-order valence-corrected chi connectivity index (χ0v) is 61.0. The SMILES string of the molecule is C.C.C.C.CC(C)[N+]1(C)CCN(C(=O)CC(c2ccccc2)c2ccccc2)CC1.C[N+]1(C(c2ccccc2)c2ccccc2)CCN(C(=O)CC(c2ccccc2)c2ccccc2)CC1.C[N+]1(Cc2ccccc2)CCN(C(=O)CC(c2ccccc2)c2ccccc2)CC1.[Br-].[Br-].[Br-]. The van der Waals surface area contributed by atoms with E-state index in [4.69, 9.17) is 0 Å². The van der Waals surface area contributed by atoms with Gasteiger partial charge in [-0.2, -0.15) is 0 Å². The van der Waals surface area contributed by atoms with Gasteiger partial charge in [0.15, 0.2) is 0 Å². The number of halogens is 3. The van der Waals surface area contributed by atoms with E-state index in [9.17, 15) is 14.4 Å². The highest BCUT2D eigenvalue weighted by Crippen LogP contribution is 2.37. The lowest BCUT2D eigenvalue weighted by atomic mass is 9.88. The third-order valence-corrected chi connectivity index (χ3v) is 20.3. The first kappa shape index (κ1) is 85.9. The second-order valence-electron chi connectivity index (χ2n) is 26.8. The van der Waals surface area contributed by atoms with Crippen LogP contribution in [-0.4, -0.2) is 152 Å². The molecule has 0 spiro atoms. The number of piperazine rings is 3. The summed E-state index contributed by atoms with van der Waals surface area (Å²) in [4.78, 5) is 46.1. The van der Waals surface area contributed by atoms with Crippen molar-refractivity contribution in [3.63, 3.8) is 0 Å². The molecule has 9 aromatic carbocycles. The number of hydrogen-bond donors (Lipinski definition) is 0. The Morgan fingerprint density at radius 1 is 0.303 bits per heavy atom. The number of carbonyl (C=O) groups is 3. The monoisotopic (exact) mass is 1530 g/mol. The fraction of sp³-hybridized carbons (Fsp3) is 0.345. The van der Waals surface area contributed by atoms with Crippen molar-refractivity contribution in [2.75, 3.05) is 99.7 Å². The van der Waals surface area contributed by atoms with Crippen molar-refractivity contribution in [1.82, 2.24) is 14.7 Å². The smallest absolute Gasteiger partial charge is 0.223 e. The Bertz CT molecular complexity index is 3500. The number of likely N-dealkylation sites (N-methyl/N-ethyl adjacent to an activating group) is 3. The van der Waals surface area contributed by atoms with Gasteiger partial charge in [-0.25, -0.2) is 0 Å². The van der Waals surface area contributed by atoms with Gasteiger partial charge in [0.05, 0.1) is 106 Å². The lowest BCUT2D eigenvalue weighted by Gasteiger charge is -2.47. The molecule has 3 saturated heterocycles. The summed E-state index contributed by atoms with van der Waals surface area (Å²) in [5, 5.41) is 0. The van der Waals surface area contributed by atoms with Crippen molar-refractivity contribution >= 4 is 17.7 Å². The molecule has 3 fully saturated rings. The van der Waals surface area contributed by atoms with E-state index >= 15 is 0 Å². The highest BCUT2D eigenvalue weighted by molar-refractivity contribution is 5.79. The maximum atomic E-state index is 13.6. The predicted octanol–water partition coefficient (Wildman–Crippen LogP) is 8.45. The van der Waals surface area contributed by atoms with Gasteiger partial charge < -0.3 is 79.1 Å². The zero-order chi connectivity index (χ0) is 64.2. The summed E-state index contributed by atoms with van der Waals surface area (Å²) in [6.45, 7) is 16.5. The van der Waals surface area contributed by atoms with E-state index in [-0.39, 0.29) is 122 Å². The fourth-order valence-corrected chi connectivity index (χ4v) is 14.0. The first-order chi connectivity index (χ1) is 44.8. The molecule has 0 aromatic heterocycles. The highest BCUT2D eigenvalue weighted by atomic mass is 79.9. The van der Waals surface area contributed by atoms with E-state index in [1.165, 1.54) is 50.1 Å². The summed E-state index contributed by atoms with van der Waals surface area (Å²) in [7, 11) is 6.97. The number of rotatable bonds is 18. The number of quaternary nitrogens is 3. The van der Waals surface area contributed by atoms with E-state index in [0.717, 1.165) is 98.5 Å². The third kappa shape index (κ3) is 23.7. The van der Waals surface area contributed by atoms with Crippen LogP contribution < -0.4 is 50.9 Å². The largest absolute Gasteiger partial charge is 1.00 e. The second-order valence-corrected chi connectivity index (χ2v) is 26.8. The molecular formula is C87H113Br3N6O3. The van der Waals surface area contributed by atoms with Gasteiger partial charge in [-0.1, -0.05) is 303 Å². The van der Waals surface area contributed by atoms with Crippen LogP contribution in [-0.2, 0) is 20.9 Å². The molecule has 0 aliphatic carbocycles. The maximum absolute atomic E-state index is 13.6. The molecule has 530 valence electrons. The van der Waals surface area contributed by atoms with E-state index in [0.29, 0.717) is 25.3 Å². The van der Waals surface area contributed by atoms with Gasteiger partial charge in [0, 0.05) is 53.7 Å². The van der Waals surface area contributed by atoms with Crippen molar-refractivity contribution in [2.24, 2.45) is 0 Å². The molecule has 12 rings (SSSR count). The van der Waals surface area contributed by atoms with Gasteiger partial charge in [0.25, 0.3) is 0 Å². The molecule has 12 heteroatoms. The Morgan fingerprint density at radius 3 is 0.737 bits per heavy atom. The first-order valence-electron chi connectivity index (χ1n) is 33.6. The average Bonchev–Trinajstić information content (AvgIpc) is 0.783. The van der Waals surface area contributed by atoms with E-state index in [1.54, 1.807) is 0 Å². The number of nitrogens with zero attached hydrogens (tertiary/aromatic N) is 6. The summed E-state index contributed by atoms with van der Waals surface area (Å²) in [5.74, 6) is 1.08. The van der Waals surface area contributed by atoms with Crippen LogP contribution in [0.25, 0.3) is 0 Å². The van der Waals surface area contributed by atoms with Gasteiger partial charge >= 0.3 is 0 Å². The normalized spacial score (nSPS) is 14.8. The van der Waals surface area contributed by atoms with E-state index in [1.807, 2.05) is 36.4 Å². The topological polar surface area (TPSA) is 60.9 Å². The summed E-state index contributed by atoms with van der Waals surface area (Å²) in [6.07, 6.45) is 1.56. The number of carbonyl (C=O) groups excluding carboxylic acids is 3. The van der Waals surface area contributed by atoms with Gasteiger partial charge in [0.1, 0.15) is 12.6 Å². The van der Waals surface area contributed by atoms with E-state index in [2.05, 4.69) is 286 Å². The molecule has 0 saturated carbocycles. The molecule has 0 unspecified atom stereocenters. The molecule has 3 aliphatic rings. The summed E-state index contributed by atoms with van der Waals surface area (Å²) in [5.41, 5.74) is 11.3. The molecule has 3 heterocycles. The Kier molecular flexibility index (Phi) is 36.5. The lowest BCUT2D eigenvalue weighted by molar-refractivity contribution is -0.937. The molecule has 0 bridgehead atoms. The Balaban J connectivity index is 0.000000378. The Morgan fingerprint density at radius 2 is 0.505 bits per heavy atom. The van der Waals surface area contributed by atoms with Crippen LogP contribution in [0.3, 0.4) is 0 Å². The van der Waals surface area contributed by atoms with Crippen molar-refractivity contribution in [2.45, 2.75) is 99.2 Å². The molecular weight excluding hydrogens is 1420 g/mol. The van der Waals surface area contributed by atoms with E-state index < -0.39 is 0 Å². The van der Waals surface area contributed by atoms with Gasteiger partial charge in [-0.3, -0.25) is 14.4 Å². The van der Waals surface area contributed by atoms with Crippen LogP contribution in [0, 0.1) is 0 Å². The fourth-order valence-electron chi connectivity index (χ4n) is 14.0. The van der Waals surface area contributed by atoms with Crippen LogP contribution in [0.15, 0.2) is 273 Å². The summed E-state index contributed by atoms with van der Waals surface area (Å²) >= 11 is 0. The standard InChI is InChI=1S/C33H35N2O.C27H31N2O.C23H31N2O.4CH4.3BrH/c1-35(33(29-18-10-4-11-19-29)30-20-12-5-13-21-30)24-22-34(23-25-35)32(36)26-31(27-14-6-2-7-15-27)28-16-8-3-9-17-28;1-29(22-23-11-5-2-6-12-23)19-17-28(18-20-29)27(30)21-26(24-13-7-3-8-14-24)25-15-9-4-10-16-25;1-19(2)25(3)16-14-24(15-17-25)23(26)18-22(20-10-6-4-7-11-20)21-12-8-5-9-13-21;;;;;;;/h2-21,31,33H,22-26H2,1H3;2-16,26H,17-22H2,1H3;4-13,19,22H,14-18H2,1-3H3;4*1H4;3*1H/q3*+1;;;;;;;/p-3. The molecule has 3 amide bonds. The molecule has 0 atom stereocenters. The third-order valence-electron chi connectivity index (χ3n) is 20.3. The summed E-state index contributed by atoms with van der Waals surface area (Å²) in [6, 6.07) is 95.7. The van der Waals surface area contributed by atoms with Crippen molar-refractivity contribution in [3.05, 3.63) is 323 Å². The van der Waals surface area contributed by atoms with Crippen LogP contribution in [0.5, 0.6) is 0 Å². The highest BCUT2D eigenvalue weighted by Gasteiger charge is 2.40. The minimum Gasteiger partial charge on any atom is -1.00 e. The molecule has 9 nitrogen and oxygen atoms in total. The molecule has 0 radical (unpaired) electrons. The van der Waals surface area contributed by atoms with Crippen molar-refractivity contribution in [3.8, 4) is 0 Å². The molecule has 3 aliphatic heterocycles. The molecule has 0 N–H and O–H groups in total. The van der Waals surface area contributed by atoms with Crippen LogP contribution in [0.4, 0.5) is 0 Å². The minimum atomic E-state index is 0. The molecule has 9 aromatic rings. The zero-order valence-electron chi connectivity index (χ0n) is 56.2. The second kappa shape index (κ2) is 42.1. The number of amides is 3. The van der Waals surface area contributed by atoms with Gasteiger partial charge in [-0.05, 0) is 47.2 Å². The van der Waals surface area contributed by atoms with Gasteiger partial charge in [0.2, 0.25) is 17.7 Å². The average molecular weight is 1530 g/mol. The predicted molar refractivity (Wildman–Crippen MR) is 402 cm³/mol.